The van der Waals surface area contributed by atoms with E-state index >= 15 is 0 Å². The maximum Gasteiger partial charge on any atom is 0.206 e. The number of aromatic nitrogens is 2. The van der Waals surface area contributed by atoms with Crippen molar-refractivity contribution in [2.75, 3.05) is 13.2 Å². The smallest absolute Gasteiger partial charge is 0.206 e. The number of hydrogen-bond acceptors (Lipinski definition) is 4. The van der Waals surface area contributed by atoms with Crippen molar-refractivity contribution < 1.29 is 28.2 Å². The van der Waals surface area contributed by atoms with Gasteiger partial charge in [0.05, 0.1) is 6.61 Å². The lowest BCUT2D eigenvalue weighted by atomic mass is 9.72. The second-order valence-electron chi connectivity index (χ2n) is 32.2. The molecule has 0 saturated heterocycles. The molecule has 100 heavy (non-hydrogen) atoms. The normalized spacial score (nSPS) is 20.2. The molecule has 0 spiro atoms. The van der Waals surface area contributed by atoms with E-state index in [1.807, 2.05) is 13.8 Å². The van der Waals surface area contributed by atoms with Gasteiger partial charge in [0.2, 0.25) is 11.4 Å². The predicted octanol–water partition coefficient (Wildman–Crippen LogP) is 25.4. The van der Waals surface area contributed by atoms with Crippen molar-refractivity contribution in [1.29, 1.82) is 0 Å². The van der Waals surface area contributed by atoms with Crippen molar-refractivity contribution >= 4 is 31.9 Å². The molecule has 6 rings (SSSR count). The summed E-state index contributed by atoms with van der Waals surface area (Å²) in [6.07, 6.45) is 70.6. The summed E-state index contributed by atoms with van der Waals surface area (Å²) in [5.41, 5.74) is 24.9. The van der Waals surface area contributed by atoms with Gasteiger partial charge in [-0.25, -0.2) is 0 Å². The van der Waals surface area contributed by atoms with E-state index in [4.69, 9.17) is 4.52 Å². The Hall–Kier alpha value is -6.27. The maximum atomic E-state index is 11.2. The second kappa shape index (κ2) is 41.7. The monoisotopic (exact) mass is 1380 g/mol. The Morgan fingerprint density at radius 1 is 0.500 bits per heavy atom. The zero-order valence-corrected chi connectivity index (χ0v) is 68.0. The highest BCUT2D eigenvalue weighted by Crippen LogP contribution is 2.45. The van der Waals surface area contributed by atoms with Crippen LogP contribution < -0.4 is 14.0 Å². The first-order valence-electron chi connectivity index (χ1n) is 38.0. The summed E-state index contributed by atoms with van der Waals surface area (Å²) in [6, 6.07) is 8.81. The van der Waals surface area contributed by atoms with E-state index in [0.717, 1.165) is 36.2 Å². The molecule has 546 valence electrons. The number of aryl methyl sites for hydroxylation is 1. The highest BCUT2D eigenvalue weighted by Gasteiger charge is 2.30. The molecule has 0 bridgehead atoms. The van der Waals surface area contributed by atoms with E-state index in [1.165, 1.54) is 150 Å². The van der Waals surface area contributed by atoms with Crippen molar-refractivity contribution in [3.63, 3.8) is 0 Å². The predicted molar refractivity (Wildman–Crippen MR) is 435 cm³/mol. The van der Waals surface area contributed by atoms with Crippen LogP contribution in [-0.4, -0.2) is 24.0 Å². The highest BCUT2D eigenvalue weighted by molar-refractivity contribution is 7.52. The molecule has 4 aliphatic carbocycles. The third-order valence-electron chi connectivity index (χ3n) is 20.6. The minimum atomic E-state index is -3.58. The molecule has 7 heteroatoms. The quantitative estimate of drug-likeness (QED) is 0.0549. The fraction of sp³-hybridized carbons (Fsp3) is 0.505. The third kappa shape index (κ3) is 29.6. The van der Waals surface area contributed by atoms with Gasteiger partial charge in [-0.05, 0) is 218 Å². The third-order valence-corrected chi connectivity index (χ3v) is 22.3. The summed E-state index contributed by atoms with van der Waals surface area (Å²) < 4.78 is 20.5. The van der Waals surface area contributed by atoms with Gasteiger partial charge >= 0.3 is 0 Å². The Kier molecular flexibility index (Phi) is 36.0. The standard InChI is InChI=1S/C43H60N.C42H58NO.C8H19O3P/c1-11-29-44-30-26-38(21-13-17-34(3)23-25-41-37(6)20-15-28-43(41,9)10)32-39(44)31-35(4)18-12-16-33(2)22-24-40-36(5)19-14-27-42(40,7)8;1-32(20-22-39-35(4)17-12-25-41(39,6)7)14-10-16-34(3)30-38-31-37(24-27-43(38)28-29-44)19-11-15-33(2)21-23-40-36(5)18-13-26-42(40,8)9;1-5-8(4)6-11-12(9,10)7(2)3/h12-13,16-18,21-26,30-32H,11,14-15,19-20,27-29H2,1-10H3;10-11,14-16,19-24,27,30-31,44H,12-13,17-18,25-26,28-29H2,1-9H3;7-8H,5-6H2,1-4H3,(H,9,10)/q2*+1;/p-1/b18-12+,21-13+,24-22+,25-23+,33-16+,34-17+,35-31+;16-10+,19-11+,22-20+,23-21+,32-14+,33-15+,34-30+;. The number of aliphatic hydroxyl groups is 1. The lowest BCUT2D eigenvalue weighted by molar-refractivity contribution is -0.699. The van der Waals surface area contributed by atoms with Gasteiger partial charge in [0, 0.05) is 48.5 Å². The van der Waals surface area contributed by atoms with Crippen LogP contribution in [-0.2, 0) is 22.2 Å². The van der Waals surface area contributed by atoms with E-state index in [-0.39, 0.29) is 28.3 Å². The van der Waals surface area contributed by atoms with Gasteiger partial charge in [0.15, 0.2) is 18.9 Å². The summed E-state index contributed by atoms with van der Waals surface area (Å²) in [5, 5.41) is 9.64. The average molecular weight is 1380 g/mol. The average Bonchev–Trinajstić information content (AvgIpc) is 0.843. The fourth-order valence-corrected chi connectivity index (χ4v) is 14.6. The van der Waals surface area contributed by atoms with E-state index < -0.39 is 13.3 Å². The van der Waals surface area contributed by atoms with Gasteiger partial charge in [0.1, 0.15) is 20.7 Å². The lowest BCUT2D eigenvalue weighted by Crippen LogP contribution is -2.38. The number of rotatable bonds is 27. The number of pyridine rings is 2. The molecular formula is C93H136N2O4P+. The summed E-state index contributed by atoms with van der Waals surface area (Å²) in [7, 11) is -3.58. The second-order valence-corrected chi connectivity index (χ2v) is 34.6. The van der Waals surface area contributed by atoms with Crippen LogP contribution >= 0.6 is 7.60 Å². The fourth-order valence-electron chi connectivity index (χ4n) is 13.8. The molecule has 0 fully saturated rings. The van der Waals surface area contributed by atoms with Crippen LogP contribution in [0.3, 0.4) is 0 Å². The molecular weight excluding hydrogens is 1240 g/mol. The van der Waals surface area contributed by atoms with Crippen LogP contribution in [0.4, 0.5) is 0 Å². The maximum absolute atomic E-state index is 11.2. The zero-order valence-electron chi connectivity index (χ0n) is 67.1. The number of hydrogen-bond donors (Lipinski definition) is 1. The van der Waals surface area contributed by atoms with Gasteiger partial charge in [-0.2, -0.15) is 9.13 Å². The molecule has 0 amide bonds. The first-order chi connectivity index (χ1) is 47.0. The Balaban J connectivity index is 0.000000364. The molecule has 2 unspecified atom stereocenters. The molecule has 4 aliphatic rings. The van der Waals surface area contributed by atoms with Gasteiger partial charge in [-0.1, -0.05) is 263 Å². The van der Waals surface area contributed by atoms with Crippen LogP contribution in [0.25, 0.3) is 24.3 Å². The topological polar surface area (TPSA) is 77.3 Å². The van der Waals surface area contributed by atoms with Crippen molar-refractivity contribution in [1.82, 2.24) is 0 Å². The van der Waals surface area contributed by atoms with E-state index in [9.17, 15) is 14.6 Å². The van der Waals surface area contributed by atoms with Crippen molar-refractivity contribution in [3.8, 4) is 0 Å². The molecule has 0 aromatic carbocycles. The van der Waals surface area contributed by atoms with Crippen LogP contribution in [0, 0.1) is 27.6 Å². The van der Waals surface area contributed by atoms with Gasteiger partial charge < -0.3 is 19.1 Å². The summed E-state index contributed by atoms with van der Waals surface area (Å²) in [6.45, 7) is 52.7. The molecule has 0 radical (unpaired) electrons. The van der Waals surface area contributed by atoms with Gasteiger partial charge in [0.25, 0.3) is 0 Å². The Morgan fingerprint density at radius 3 is 1.11 bits per heavy atom. The highest BCUT2D eigenvalue weighted by atomic mass is 31.2. The Labute approximate surface area is 611 Å². The summed E-state index contributed by atoms with van der Waals surface area (Å²) in [4.78, 5) is 11.2. The number of aliphatic hydroxyl groups excluding tert-OH is 1. The van der Waals surface area contributed by atoms with Gasteiger partial charge in [-0.3, -0.25) is 0 Å². The molecule has 0 aliphatic heterocycles. The lowest BCUT2D eigenvalue weighted by Gasteiger charge is -2.33. The van der Waals surface area contributed by atoms with E-state index in [0.29, 0.717) is 19.1 Å². The minimum Gasteiger partial charge on any atom is -0.778 e. The van der Waals surface area contributed by atoms with Crippen LogP contribution in [0.1, 0.15) is 272 Å². The molecule has 0 saturated carbocycles. The molecule has 2 aromatic heterocycles. The number of nitrogens with zero attached hydrogens (tertiary/aromatic N) is 2. The first-order valence-corrected chi connectivity index (χ1v) is 39.6. The van der Waals surface area contributed by atoms with Gasteiger partial charge in [-0.15, -0.1) is 0 Å². The van der Waals surface area contributed by atoms with Crippen LogP contribution in [0.15, 0.2) is 224 Å². The van der Waals surface area contributed by atoms with Crippen LogP contribution in [0.2, 0.25) is 0 Å². The van der Waals surface area contributed by atoms with Crippen molar-refractivity contribution in [2.24, 2.45) is 27.6 Å². The Bertz CT molecular complexity index is 3470. The molecule has 1 N–H and O–H groups in total. The summed E-state index contributed by atoms with van der Waals surface area (Å²) in [5.74, 6) is 0.311. The molecule has 2 heterocycles. The van der Waals surface area contributed by atoms with E-state index in [1.54, 1.807) is 25.0 Å². The van der Waals surface area contributed by atoms with Crippen molar-refractivity contribution in [3.05, 3.63) is 247 Å². The largest absolute Gasteiger partial charge is 0.778 e. The SMILES string of the molecule is CC1=C(/C=C/C(C)=C/C=C/C(C)=C/c2cc(/C=C/C=C(C)/C=C/C3=C(C)CCCC3(C)C)cc[n+]2CCO)C(C)(C)CCC1.CCC(C)COP(=O)([O-])C(C)C.CCC[n+]1ccc(/C=C/C=C(C)/C=C/C2=C(C)CCCC2(C)C)cc1/C=C(C)/C=C/C=C(C)/C=C/C1=C(C)CCCC1(C)C. The molecule has 6 nitrogen and oxygen atoms in total. The van der Waals surface area contributed by atoms with Crippen LogP contribution in [0.5, 0.6) is 0 Å². The Morgan fingerprint density at radius 2 is 0.820 bits per heavy atom. The molecule has 2 aromatic rings. The zero-order chi connectivity index (χ0) is 74.4. The first kappa shape index (κ1) is 86.1. The van der Waals surface area contributed by atoms with Crippen molar-refractivity contribution in [2.45, 2.75) is 268 Å². The number of allylic oxidation sites excluding steroid dienone is 32. The minimum absolute atomic E-state index is 0.109. The van der Waals surface area contributed by atoms with E-state index in [2.05, 4.69) is 311 Å². The molecule has 2 atom stereocenters. The summed E-state index contributed by atoms with van der Waals surface area (Å²) >= 11 is 0.